The summed E-state index contributed by atoms with van der Waals surface area (Å²) in [6, 6.07) is 9.30. The topological polar surface area (TPSA) is 35.5 Å². The van der Waals surface area contributed by atoms with Gasteiger partial charge in [-0.25, -0.2) is 4.79 Å². The summed E-state index contributed by atoms with van der Waals surface area (Å²) in [5.41, 5.74) is 0.922. The van der Waals surface area contributed by atoms with Gasteiger partial charge in [0.25, 0.3) is 0 Å². The van der Waals surface area contributed by atoms with E-state index in [1.54, 1.807) is 0 Å². The molecule has 6 heteroatoms. The molecule has 0 aliphatic heterocycles. The predicted molar refractivity (Wildman–Crippen MR) is 71.5 cm³/mol. The first-order chi connectivity index (χ1) is 9.88. The standard InChI is InChI=1S/C15H17F3O3/c1-12(21-11-13-7-3-2-4-8-13)14(19)20-10-6-5-9-15(16,17)18/h2-5,7-9,12H,6,10-11H2,1H3/b9-5-. The van der Waals surface area contributed by atoms with Gasteiger partial charge in [0, 0.05) is 6.08 Å². The number of allylic oxidation sites excluding steroid dienone is 1. The molecular formula is C15H17F3O3. The second-order valence-corrected chi connectivity index (χ2v) is 4.34. The fourth-order valence-electron chi connectivity index (χ4n) is 1.43. The van der Waals surface area contributed by atoms with Crippen molar-refractivity contribution in [2.24, 2.45) is 0 Å². The van der Waals surface area contributed by atoms with Gasteiger partial charge in [-0.1, -0.05) is 36.4 Å². The van der Waals surface area contributed by atoms with E-state index in [9.17, 15) is 18.0 Å². The Labute approximate surface area is 121 Å². The molecule has 1 aromatic rings. The van der Waals surface area contributed by atoms with E-state index in [0.717, 1.165) is 11.6 Å². The van der Waals surface area contributed by atoms with Crippen LogP contribution >= 0.6 is 0 Å². The molecule has 1 aromatic carbocycles. The van der Waals surface area contributed by atoms with E-state index in [0.29, 0.717) is 0 Å². The van der Waals surface area contributed by atoms with Crippen LogP contribution in [0.5, 0.6) is 0 Å². The lowest BCUT2D eigenvalue weighted by Gasteiger charge is -2.12. The molecule has 0 aliphatic rings. The minimum absolute atomic E-state index is 0.0106. The molecule has 0 saturated heterocycles. The van der Waals surface area contributed by atoms with Crippen molar-refractivity contribution >= 4 is 5.97 Å². The maximum absolute atomic E-state index is 11.8. The Morgan fingerprint density at radius 1 is 1.29 bits per heavy atom. The third-order valence-corrected chi connectivity index (χ3v) is 2.51. The van der Waals surface area contributed by atoms with Crippen LogP contribution in [0.15, 0.2) is 42.5 Å². The van der Waals surface area contributed by atoms with Crippen molar-refractivity contribution in [2.45, 2.75) is 32.2 Å². The Kier molecular flexibility index (Phi) is 6.94. The van der Waals surface area contributed by atoms with Crippen molar-refractivity contribution in [3.8, 4) is 0 Å². The van der Waals surface area contributed by atoms with Crippen LogP contribution in [0.3, 0.4) is 0 Å². The Bertz CT molecular complexity index is 455. The summed E-state index contributed by atoms with van der Waals surface area (Å²) < 4.78 is 45.6. The first-order valence-corrected chi connectivity index (χ1v) is 6.45. The van der Waals surface area contributed by atoms with Gasteiger partial charge in [-0.3, -0.25) is 0 Å². The van der Waals surface area contributed by atoms with E-state index in [1.807, 2.05) is 30.3 Å². The zero-order chi connectivity index (χ0) is 15.7. The van der Waals surface area contributed by atoms with Gasteiger partial charge in [-0.05, 0) is 18.9 Å². The molecule has 21 heavy (non-hydrogen) atoms. The SMILES string of the molecule is CC(OCc1ccccc1)C(=O)OCC/C=C\C(F)(F)F. The summed E-state index contributed by atoms with van der Waals surface area (Å²) in [6.45, 7) is 1.70. The maximum atomic E-state index is 11.8. The van der Waals surface area contributed by atoms with Gasteiger partial charge in [-0.2, -0.15) is 13.2 Å². The molecule has 1 atom stereocenters. The van der Waals surface area contributed by atoms with Gasteiger partial charge >= 0.3 is 12.1 Å². The molecule has 0 N–H and O–H groups in total. The van der Waals surface area contributed by atoms with E-state index < -0.39 is 18.2 Å². The molecule has 0 spiro atoms. The van der Waals surface area contributed by atoms with Crippen LogP contribution in [0.2, 0.25) is 0 Å². The number of rotatable bonds is 7. The minimum Gasteiger partial charge on any atom is -0.463 e. The van der Waals surface area contributed by atoms with Crippen molar-refractivity contribution in [3.05, 3.63) is 48.0 Å². The lowest BCUT2D eigenvalue weighted by Crippen LogP contribution is -2.23. The Hall–Kier alpha value is -1.82. The summed E-state index contributed by atoms with van der Waals surface area (Å²) in [4.78, 5) is 11.5. The summed E-state index contributed by atoms with van der Waals surface area (Å²) in [5, 5.41) is 0. The van der Waals surface area contributed by atoms with Gasteiger partial charge in [0.1, 0.15) is 0 Å². The van der Waals surface area contributed by atoms with E-state index in [4.69, 9.17) is 9.47 Å². The molecule has 0 bridgehead atoms. The molecule has 3 nitrogen and oxygen atoms in total. The Balaban J connectivity index is 2.21. The highest BCUT2D eigenvalue weighted by Gasteiger charge is 2.21. The second kappa shape index (κ2) is 8.46. The van der Waals surface area contributed by atoms with Crippen LogP contribution in [-0.4, -0.2) is 24.9 Å². The van der Waals surface area contributed by atoms with Gasteiger partial charge in [0.15, 0.2) is 6.10 Å². The predicted octanol–water partition coefficient (Wildman–Crippen LogP) is 3.64. The van der Waals surface area contributed by atoms with Crippen molar-refractivity contribution in [2.75, 3.05) is 6.61 Å². The quantitative estimate of drug-likeness (QED) is 0.438. The Morgan fingerprint density at radius 3 is 2.57 bits per heavy atom. The highest BCUT2D eigenvalue weighted by atomic mass is 19.4. The van der Waals surface area contributed by atoms with Gasteiger partial charge in [-0.15, -0.1) is 0 Å². The maximum Gasteiger partial charge on any atom is 0.409 e. The van der Waals surface area contributed by atoms with Gasteiger partial charge in [0.05, 0.1) is 13.2 Å². The molecule has 0 heterocycles. The highest BCUT2D eigenvalue weighted by molar-refractivity contribution is 5.74. The number of alkyl halides is 3. The van der Waals surface area contributed by atoms with Gasteiger partial charge < -0.3 is 9.47 Å². The summed E-state index contributed by atoms with van der Waals surface area (Å²) in [6.07, 6.45) is -4.05. The smallest absolute Gasteiger partial charge is 0.409 e. The van der Waals surface area contributed by atoms with Crippen molar-refractivity contribution in [1.82, 2.24) is 0 Å². The van der Waals surface area contributed by atoms with Crippen LogP contribution in [-0.2, 0) is 20.9 Å². The minimum atomic E-state index is -4.34. The van der Waals surface area contributed by atoms with Crippen LogP contribution in [0.25, 0.3) is 0 Å². The third-order valence-electron chi connectivity index (χ3n) is 2.51. The number of carbonyl (C=O) groups excluding carboxylic acids is 1. The first-order valence-electron chi connectivity index (χ1n) is 6.45. The molecule has 0 radical (unpaired) electrons. The van der Waals surface area contributed by atoms with Crippen LogP contribution in [0.1, 0.15) is 18.9 Å². The molecule has 0 amide bonds. The van der Waals surface area contributed by atoms with Crippen molar-refractivity contribution in [1.29, 1.82) is 0 Å². The van der Waals surface area contributed by atoms with E-state index in [2.05, 4.69) is 0 Å². The lowest BCUT2D eigenvalue weighted by atomic mass is 10.2. The molecular weight excluding hydrogens is 285 g/mol. The zero-order valence-electron chi connectivity index (χ0n) is 11.6. The van der Waals surface area contributed by atoms with E-state index >= 15 is 0 Å². The normalized spacial score (nSPS) is 13.3. The first kappa shape index (κ1) is 17.2. The number of hydrogen-bond acceptors (Lipinski definition) is 3. The largest absolute Gasteiger partial charge is 0.463 e. The molecule has 0 fully saturated rings. The molecule has 1 rings (SSSR count). The number of carbonyl (C=O) groups is 1. The number of hydrogen-bond donors (Lipinski definition) is 0. The van der Waals surface area contributed by atoms with Crippen molar-refractivity contribution < 1.29 is 27.4 Å². The molecule has 0 saturated carbocycles. The number of ether oxygens (including phenoxy) is 2. The molecule has 1 unspecified atom stereocenters. The highest BCUT2D eigenvalue weighted by Crippen LogP contribution is 2.16. The zero-order valence-corrected chi connectivity index (χ0v) is 11.6. The number of esters is 1. The van der Waals surface area contributed by atoms with E-state index in [1.165, 1.54) is 6.92 Å². The molecule has 0 aromatic heterocycles. The molecule has 116 valence electrons. The Morgan fingerprint density at radius 2 is 1.95 bits per heavy atom. The number of halogens is 3. The summed E-state index contributed by atoms with van der Waals surface area (Å²) in [7, 11) is 0. The van der Waals surface area contributed by atoms with Gasteiger partial charge in [0.2, 0.25) is 0 Å². The lowest BCUT2D eigenvalue weighted by molar-refractivity contribution is -0.156. The fourth-order valence-corrected chi connectivity index (χ4v) is 1.43. The van der Waals surface area contributed by atoms with Crippen LogP contribution in [0, 0.1) is 0 Å². The van der Waals surface area contributed by atoms with Crippen molar-refractivity contribution in [3.63, 3.8) is 0 Å². The summed E-state index contributed by atoms with van der Waals surface area (Å²) >= 11 is 0. The average molecular weight is 302 g/mol. The number of benzene rings is 1. The third kappa shape index (κ3) is 8.14. The average Bonchev–Trinajstić information content (AvgIpc) is 2.44. The monoisotopic (exact) mass is 302 g/mol. The molecule has 0 aliphatic carbocycles. The van der Waals surface area contributed by atoms with Crippen LogP contribution in [0.4, 0.5) is 13.2 Å². The second-order valence-electron chi connectivity index (χ2n) is 4.34. The fraction of sp³-hybridized carbons (Fsp3) is 0.400. The van der Waals surface area contributed by atoms with Crippen LogP contribution < -0.4 is 0 Å². The van der Waals surface area contributed by atoms with E-state index in [-0.39, 0.29) is 25.7 Å². The summed E-state index contributed by atoms with van der Waals surface area (Å²) in [5.74, 6) is -0.591.